The average molecular weight is 356 g/mol. The molecule has 0 atom stereocenters. The summed E-state index contributed by atoms with van der Waals surface area (Å²) in [4.78, 5) is 23.5. The lowest BCUT2D eigenvalue weighted by atomic mass is 9.76. The van der Waals surface area contributed by atoms with Gasteiger partial charge in [-0.3, -0.25) is 4.79 Å². The minimum absolute atomic E-state index is 0.0655. The standard InChI is InChI=1S/C15H20N2O6S/c1-23-9-8-16-24(21,22)12-5-2-4-11(10-12)13(18)17-15(14(19)20)6-3-7-15/h2,4-5,10,16H,3,6-9H2,1H3,(H,17,18)(H,19,20). The molecular weight excluding hydrogens is 336 g/mol. The second-order valence-electron chi connectivity index (χ2n) is 5.61. The molecule has 0 saturated heterocycles. The molecule has 132 valence electrons. The molecule has 0 aromatic heterocycles. The van der Waals surface area contributed by atoms with Crippen molar-refractivity contribution in [3.8, 4) is 0 Å². The molecule has 1 aromatic carbocycles. The van der Waals surface area contributed by atoms with E-state index < -0.39 is 27.4 Å². The second-order valence-corrected chi connectivity index (χ2v) is 7.38. The van der Waals surface area contributed by atoms with Crippen LogP contribution in [-0.2, 0) is 19.6 Å². The molecule has 0 aliphatic heterocycles. The Labute approximate surface area is 140 Å². The van der Waals surface area contributed by atoms with E-state index in [0.29, 0.717) is 12.8 Å². The summed E-state index contributed by atoms with van der Waals surface area (Å²) in [5.74, 6) is -1.68. The van der Waals surface area contributed by atoms with Gasteiger partial charge in [-0.05, 0) is 37.5 Å². The topological polar surface area (TPSA) is 122 Å². The zero-order valence-electron chi connectivity index (χ0n) is 13.2. The number of nitrogens with one attached hydrogen (secondary N) is 2. The van der Waals surface area contributed by atoms with Crippen LogP contribution in [0, 0.1) is 0 Å². The quantitative estimate of drug-likeness (QED) is 0.578. The number of carbonyl (C=O) groups is 2. The highest BCUT2D eigenvalue weighted by Crippen LogP contribution is 2.32. The van der Waals surface area contributed by atoms with Gasteiger partial charge in [-0.25, -0.2) is 17.9 Å². The summed E-state index contributed by atoms with van der Waals surface area (Å²) < 4.78 is 31.4. The van der Waals surface area contributed by atoms with E-state index >= 15 is 0 Å². The third-order valence-electron chi connectivity index (χ3n) is 3.97. The SMILES string of the molecule is COCCNS(=O)(=O)c1cccc(C(=O)NC2(C(=O)O)CCC2)c1. The van der Waals surface area contributed by atoms with Crippen LogP contribution in [0.4, 0.5) is 0 Å². The highest BCUT2D eigenvalue weighted by atomic mass is 32.2. The van der Waals surface area contributed by atoms with Crippen molar-refractivity contribution < 1.29 is 27.9 Å². The third-order valence-corrected chi connectivity index (χ3v) is 5.43. The Morgan fingerprint density at radius 2 is 2.04 bits per heavy atom. The maximum absolute atomic E-state index is 12.3. The van der Waals surface area contributed by atoms with E-state index in [2.05, 4.69) is 10.0 Å². The van der Waals surface area contributed by atoms with Crippen molar-refractivity contribution in [1.29, 1.82) is 0 Å². The summed E-state index contributed by atoms with van der Waals surface area (Å²) in [5.41, 5.74) is -1.15. The summed E-state index contributed by atoms with van der Waals surface area (Å²) in [6.45, 7) is 0.331. The molecule has 1 aliphatic rings. The van der Waals surface area contributed by atoms with E-state index in [1.54, 1.807) is 0 Å². The van der Waals surface area contributed by atoms with Gasteiger partial charge in [0, 0.05) is 19.2 Å². The van der Waals surface area contributed by atoms with Crippen molar-refractivity contribution >= 4 is 21.9 Å². The van der Waals surface area contributed by atoms with E-state index in [0.717, 1.165) is 6.42 Å². The average Bonchev–Trinajstić information content (AvgIpc) is 2.50. The van der Waals surface area contributed by atoms with Gasteiger partial charge in [0.25, 0.3) is 5.91 Å². The zero-order chi connectivity index (χ0) is 17.8. The molecule has 3 N–H and O–H groups in total. The van der Waals surface area contributed by atoms with Gasteiger partial charge in [0.15, 0.2) is 0 Å². The van der Waals surface area contributed by atoms with Crippen LogP contribution in [0.3, 0.4) is 0 Å². The fourth-order valence-corrected chi connectivity index (χ4v) is 3.44. The smallest absolute Gasteiger partial charge is 0.329 e. The Balaban J connectivity index is 2.15. The number of hydrogen-bond acceptors (Lipinski definition) is 5. The second kappa shape index (κ2) is 7.29. The third kappa shape index (κ3) is 3.92. The molecule has 0 spiro atoms. The first-order valence-electron chi connectivity index (χ1n) is 7.45. The lowest BCUT2D eigenvalue weighted by molar-refractivity contribution is -0.148. The van der Waals surface area contributed by atoms with Crippen molar-refractivity contribution in [1.82, 2.24) is 10.0 Å². The molecule has 1 amide bonds. The molecule has 9 heteroatoms. The van der Waals surface area contributed by atoms with E-state index in [4.69, 9.17) is 4.74 Å². The van der Waals surface area contributed by atoms with Crippen molar-refractivity contribution in [3.63, 3.8) is 0 Å². The molecule has 1 aliphatic carbocycles. The van der Waals surface area contributed by atoms with Crippen LogP contribution in [-0.4, -0.2) is 51.2 Å². The summed E-state index contributed by atoms with van der Waals surface area (Å²) in [6.07, 6.45) is 1.46. The molecule has 1 fully saturated rings. The molecule has 0 heterocycles. The number of hydrogen-bond donors (Lipinski definition) is 3. The van der Waals surface area contributed by atoms with Crippen molar-refractivity contribution in [2.75, 3.05) is 20.3 Å². The number of methoxy groups -OCH3 is 1. The number of aliphatic carboxylic acids is 1. The first kappa shape index (κ1) is 18.4. The summed E-state index contributed by atoms with van der Waals surface area (Å²) in [5, 5.41) is 11.8. The fraction of sp³-hybridized carbons (Fsp3) is 0.467. The Hall–Kier alpha value is -1.97. The summed E-state index contributed by atoms with van der Waals surface area (Å²) in [7, 11) is -2.31. The minimum atomic E-state index is -3.77. The molecule has 0 unspecified atom stereocenters. The number of carboxylic acid groups (broad SMARTS) is 1. The predicted molar refractivity (Wildman–Crippen MR) is 85.2 cm³/mol. The van der Waals surface area contributed by atoms with E-state index in [1.165, 1.54) is 31.4 Å². The van der Waals surface area contributed by atoms with Gasteiger partial charge >= 0.3 is 5.97 Å². The van der Waals surface area contributed by atoms with Gasteiger partial charge in [0.1, 0.15) is 5.54 Å². The number of benzene rings is 1. The van der Waals surface area contributed by atoms with Crippen molar-refractivity contribution in [3.05, 3.63) is 29.8 Å². The fourth-order valence-electron chi connectivity index (χ4n) is 2.38. The Morgan fingerprint density at radius 1 is 1.33 bits per heavy atom. The number of sulfonamides is 1. The predicted octanol–water partition coefficient (Wildman–Crippen LogP) is 0.348. The molecule has 2 rings (SSSR count). The largest absolute Gasteiger partial charge is 0.480 e. The molecule has 0 radical (unpaired) electrons. The molecule has 0 bridgehead atoms. The van der Waals surface area contributed by atoms with Crippen LogP contribution in [0.1, 0.15) is 29.6 Å². The van der Waals surface area contributed by atoms with Gasteiger partial charge in [-0.15, -0.1) is 0 Å². The first-order chi connectivity index (χ1) is 11.3. The summed E-state index contributed by atoms with van der Waals surface area (Å²) >= 11 is 0. The van der Waals surface area contributed by atoms with Crippen molar-refractivity contribution in [2.45, 2.75) is 29.7 Å². The van der Waals surface area contributed by atoms with Crippen LogP contribution < -0.4 is 10.0 Å². The normalized spacial score (nSPS) is 16.2. The summed E-state index contributed by atoms with van der Waals surface area (Å²) in [6, 6.07) is 5.46. The zero-order valence-corrected chi connectivity index (χ0v) is 14.1. The van der Waals surface area contributed by atoms with E-state index in [-0.39, 0.29) is 23.6 Å². The lowest BCUT2D eigenvalue weighted by Crippen LogP contribution is -2.59. The van der Waals surface area contributed by atoms with Gasteiger partial charge in [-0.1, -0.05) is 6.07 Å². The van der Waals surface area contributed by atoms with Crippen molar-refractivity contribution in [2.24, 2.45) is 0 Å². The number of rotatable bonds is 8. The van der Waals surface area contributed by atoms with E-state index in [9.17, 15) is 23.1 Å². The van der Waals surface area contributed by atoms with Crippen LogP contribution in [0.25, 0.3) is 0 Å². The first-order valence-corrected chi connectivity index (χ1v) is 8.94. The van der Waals surface area contributed by atoms with Crippen LogP contribution in [0.15, 0.2) is 29.2 Å². The highest BCUT2D eigenvalue weighted by Gasteiger charge is 2.45. The maximum atomic E-state index is 12.3. The molecule has 1 saturated carbocycles. The minimum Gasteiger partial charge on any atom is -0.480 e. The van der Waals surface area contributed by atoms with Crippen LogP contribution in [0.5, 0.6) is 0 Å². The monoisotopic (exact) mass is 356 g/mol. The van der Waals surface area contributed by atoms with Gasteiger partial charge in [-0.2, -0.15) is 0 Å². The molecule has 8 nitrogen and oxygen atoms in total. The molecule has 1 aromatic rings. The number of carboxylic acids is 1. The van der Waals surface area contributed by atoms with Gasteiger partial charge in [0.05, 0.1) is 11.5 Å². The van der Waals surface area contributed by atoms with Gasteiger partial charge in [0.2, 0.25) is 10.0 Å². The molecular formula is C15H20N2O6S. The lowest BCUT2D eigenvalue weighted by Gasteiger charge is -2.38. The molecule has 24 heavy (non-hydrogen) atoms. The van der Waals surface area contributed by atoms with Crippen LogP contribution >= 0.6 is 0 Å². The number of amides is 1. The van der Waals surface area contributed by atoms with Crippen LogP contribution in [0.2, 0.25) is 0 Å². The number of carbonyl (C=O) groups excluding carboxylic acids is 1. The Morgan fingerprint density at radius 3 is 2.58 bits per heavy atom. The Bertz CT molecular complexity index is 727. The van der Waals surface area contributed by atoms with E-state index in [1.807, 2.05) is 0 Å². The highest BCUT2D eigenvalue weighted by molar-refractivity contribution is 7.89. The maximum Gasteiger partial charge on any atom is 0.329 e. The number of ether oxygens (including phenoxy) is 1. The Kier molecular flexibility index (Phi) is 5.58. The van der Waals surface area contributed by atoms with Gasteiger partial charge < -0.3 is 15.2 Å².